The maximum absolute atomic E-state index is 2.39. The van der Waals surface area contributed by atoms with E-state index in [9.17, 15) is 0 Å². The summed E-state index contributed by atoms with van der Waals surface area (Å²) in [6.45, 7) is 0. The van der Waals surface area contributed by atoms with Gasteiger partial charge < -0.3 is 0 Å². The fourth-order valence-corrected chi connectivity index (χ4v) is 3.51. The van der Waals surface area contributed by atoms with Crippen LogP contribution in [0.1, 0.15) is 0 Å². The first kappa shape index (κ1) is 5.67. The van der Waals surface area contributed by atoms with E-state index in [0.29, 0.717) is 0 Å². The van der Waals surface area contributed by atoms with Gasteiger partial charge in [-0.3, -0.25) is 0 Å². The molecule has 0 fully saturated rings. The van der Waals surface area contributed by atoms with Crippen LogP contribution in [0.25, 0.3) is 0 Å². The SMILES string of the molecule is C1=CC2=C[CH]=[Sb][CH2]C2=C1. The van der Waals surface area contributed by atoms with Gasteiger partial charge in [0.15, 0.2) is 0 Å². The second-order valence-electron chi connectivity index (χ2n) is 2.16. The van der Waals surface area contributed by atoms with Crippen molar-refractivity contribution in [1.29, 1.82) is 0 Å². The van der Waals surface area contributed by atoms with E-state index in [0.717, 1.165) is 0 Å². The molecular formula is C8H7Sb. The molecule has 0 atom stereocenters. The van der Waals surface area contributed by atoms with Crippen molar-refractivity contribution in [2.75, 3.05) is 0 Å². The third kappa shape index (κ3) is 0.966. The van der Waals surface area contributed by atoms with Crippen molar-refractivity contribution in [3.05, 3.63) is 35.5 Å². The first-order valence-corrected chi connectivity index (χ1v) is 6.32. The van der Waals surface area contributed by atoms with Crippen molar-refractivity contribution in [1.82, 2.24) is 0 Å². The number of allylic oxidation sites excluding steroid dienone is 6. The molecular weight excluding hydrogens is 218 g/mol. The third-order valence-corrected chi connectivity index (χ3v) is 4.09. The molecule has 1 aliphatic heterocycles. The van der Waals surface area contributed by atoms with E-state index in [-0.39, 0.29) is 21.1 Å². The van der Waals surface area contributed by atoms with Gasteiger partial charge in [0, 0.05) is 0 Å². The molecule has 2 aliphatic rings. The zero-order chi connectivity index (χ0) is 6.10. The van der Waals surface area contributed by atoms with Crippen LogP contribution in [0, 0.1) is 0 Å². The molecule has 0 bridgehead atoms. The quantitative estimate of drug-likeness (QED) is 0.545. The van der Waals surface area contributed by atoms with E-state index >= 15 is 0 Å². The van der Waals surface area contributed by atoms with Gasteiger partial charge in [0.05, 0.1) is 0 Å². The average molecular weight is 225 g/mol. The summed E-state index contributed by atoms with van der Waals surface area (Å²) in [5.41, 5.74) is 3.03. The Morgan fingerprint density at radius 2 is 2.33 bits per heavy atom. The van der Waals surface area contributed by atoms with Gasteiger partial charge in [0.25, 0.3) is 0 Å². The molecule has 0 nitrogen and oxygen atoms in total. The molecule has 2 rings (SSSR count). The van der Waals surface area contributed by atoms with E-state index in [1.807, 2.05) is 0 Å². The molecule has 0 radical (unpaired) electrons. The minimum absolute atomic E-state index is 0.0629. The van der Waals surface area contributed by atoms with Gasteiger partial charge in [0.2, 0.25) is 0 Å². The standard InChI is InChI=1S/C8H7.Sb/c1-3-8-6-4-5-7(8)2;/h1,3-6H,2H2;. The first-order valence-electron chi connectivity index (χ1n) is 3.04. The summed E-state index contributed by atoms with van der Waals surface area (Å²) in [5.74, 6) is 0. The Kier molecular flexibility index (Phi) is 1.43. The monoisotopic (exact) mass is 224 g/mol. The van der Waals surface area contributed by atoms with Crippen molar-refractivity contribution >= 4 is 25.1 Å². The van der Waals surface area contributed by atoms with Gasteiger partial charge in [-0.2, -0.15) is 0 Å². The molecule has 9 heavy (non-hydrogen) atoms. The Hall–Kier alpha value is -0.0918. The van der Waals surface area contributed by atoms with Crippen molar-refractivity contribution in [3.63, 3.8) is 0 Å². The van der Waals surface area contributed by atoms with Crippen LogP contribution in [-0.4, -0.2) is 25.1 Å². The Balaban J connectivity index is 2.46. The van der Waals surface area contributed by atoms with Crippen molar-refractivity contribution in [3.8, 4) is 0 Å². The van der Waals surface area contributed by atoms with E-state index in [4.69, 9.17) is 0 Å². The Bertz CT molecular complexity index is 241. The summed E-state index contributed by atoms with van der Waals surface area (Å²) in [4.78, 5) is 0. The maximum atomic E-state index is 2.39. The molecule has 0 spiro atoms. The molecule has 1 heteroatoms. The molecule has 0 aromatic rings. The van der Waals surface area contributed by atoms with Gasteiger partial charge in [-0.1, -0.05) is 0 Å². The van der Waals surface area contributed by atoms with Gasteiger partial charge in [-0.15, -0.1) is 0 Å². The molecule has 0 saturated heterocycles. The van der Waals surface area contributed by atoms with E-state index < -0.39 is 0 Å². The van der Waals surface area contributed by atoms with Crippen LogP contribution in [0.4, 0.5) is 0 Å². The zero-order valence-corrected chi connectivity index (χ0v) is 7.59. The second-order valence-corrected chi connectivity index (χ2v) is 4.96. The van der Waals surface area contributed by atoms with Crippen LogP contribution in [0.15, 0.2) is 35.5 Å². The molecule has 0 aromatic heterocycles. The van der Waals surface area contributed by atoms with Gasteiger partial charge in [-0.25, -0.2) is 0 Å². The summed E-state index contributed by atoms with van der Waals surface area (Å²) >= 11 is 0.0629. The summed E-state index contributed by atoms with van der Waals surface area (Å²) in [6, 6.07) is 0. The fourth-order valence-electron chi connectivity index (χ4n) is 1.06. The molecule has 0 unspecified atom stereocenters. The molecule has 0 amide bonds. The Labute approximate surface area is 65.0 Å². The van der Waals surface area contributed by atoms with Crippen LogP contribution < -0.4 is 0 Å². The van der Waals surface area contributed by atoms with Crippen LogP contribution in [0.3, 0.4) is 0 Å². The number of hydrogen-bond donors (Lipinski definition) is 0. The van der Waals surface area contributed by atoms with Crippen LogP contribution >= 0.6 is 0 Å². The van der Waals surface area contributed by atoms with Gasteiger partial charge in [0.1, 0.15) is 0 Å². The number of fused-ring (bicyclic) bond motifs is 1. The number of hydrogen-bond acceptors (Lipinski definition) is 0. The van der Waals surface area contributed by atoms with Crippen LogP contribution in [-0.2, 0) is 0 Å². The minimum atomic E-state index is 0.0629. The number of rotatable bonds is 0. The van der Waals surface area contributed by atoms with Crippen molar-refractivity contribution in [2.24, 2.45) is 0 Å². The summed E-state index contributed by atoms with van der Waals surface area (Å²) < 4.78 is 3.77. The summed E-state index contributed by atoms with van der Waals surface area (Å²) in [5, 5.41) is 0. The van der Waals surface area contributed by atoms with Crippen LogP contribution in [0.2, 0.25) is 4.37 Å². The normalized spacial score (nSPS) is 21.3. The summed E-state index contributed by atoms with van der Waals surface area (Å²) in [7, 11) is 0. The molecule has 1 heterocycles. The fraction of sp³-hybridized carbons (Fsp3) is 0.125. The van der Waals surface area contributed by atoms with E-state index in [2.05, 4.69) is 28.3 Å². The predicted octanol–water partition coefficient (Wildman–Crippen LogP) is 1.35. The predicted molar refractivity (Wildman–Crippen MR) is 41.9 cm³/mol. The van der Waals surface area contributed by atoms with Crippen LogP contribution in [0.5, 0.6) is 0 Å². The Morgan fingerprint density at radius 3 is 3.22 bits per heavy atom. The summed E-state index contributed by atoms with van der Waals surface area (Å²) in [6.07, 6.45) is 8.86. The molecule has 0 N–H and O–H groups in total. The van der Waals surface area contributed by atoms with Crippen molar-refractivity contribution in [2.45, 2.75) is 4.37 Å². The molecule has 0 saturated carbocycles. The Morgan fingerprint density at radius 1 is 1.33 bits per heavy atom. The van der Waals surface area contributed by atoms with E-state index in [1.165, 1.54) is 9.94 Å². The van der Waals surface area contributed by atoms with Gasteiger partial charge >= 0.3 is 64.9 Å². The first-order chi connectivity index (χ1) is 4.47. The zero-order valence-electron chi connectivity index (χ0n) is 5.04. The van der Waals surface area contributed by atoms with Crippen molar-refractivity contribution < 1.29 is 0 Å². The average Bonchev–Trinajstić information content (AvgIpc) is 2.33. The molecule has 1 aliphatic carbocycles. The topological polar surface area (TPSA) is 0 Å². The molecule has 44 valence electrons. The second kappa shape index (κ2) is 2.27. The molecule has 0 aromatic carbocycles. The third-order valence-electron chi connectivity index (χ3n) is 1.57. The van der Waals surface area contributed by atoms with Gasteiger partial charge in [-0.05, 0) is 0 Å². The van der Waals surface area contributed by atoms with E-state index in [1.54, 1.807) is 5.57 Å².